The van der Waals surface area contributed by atoms with Gasteiger partial charge in [0, 0.05) is 24.2 Å². The fourth-order valence-electron chi connectivity index (χ4n) is 3.24. The molecule has 0 saturated carbocycles. The number of pyridine rings is 1. The Balaban J connectivity index is 1.77. The van der Waals surface area contributed by atoms with Gasteiger partial charge in [0.1, 0.15) is 23.8 Å². The number of hydrazine groups is 1. The number of nitrogens with two attached hydrogens (primary N) is 1. The molecular formula is C17H17N7O. The Kier molecular flexibility index (Phi) is 3.63. The number of nitrogens with zero attached hydrogens (tertiary/aromatic N) is 4. The van der Waals surface area contributed by atoms with E-state index in [4.69, 9.17) is 10.5 Å². The predicted molar refractivity (Wildman–Crippen MR) is 89.4 cm³/mol. The average Bonchev–Trinajstić information content (AvgIpc) is 3.30. The second-order valence-electron chi connectivity index (χ2n) is 5.86. The van der Waals surface area contributed by atoms with Crippen molar-refractivity contribution in [2.24, 2.45) is 5.73 Å². The van der Waals surface area contributed by atoms with E-state index in [-0.39, 0.29) is 17.8 Å². The van der Waals surface area contributed by atoms with Crippen LogP contribution in [0.4, 0.5) is 0 Å². The van der Waals surface area contributed by atoms with Crippen molar-refractivity contribution in [2.75, 3.05) is 0 Å². The maximum absolute atomic E-state index is 9.61. The number of hydrogen-bond acceptors (Lipinski definition) is 7. The molecule has 0 saturated heterocycles. The van der Waals surface area contributed by atoms with Gasteiger partial charge in [-0.15, -0.1) is 0 Å². The highest BCUT2D eigenvalue weighted by molar-refractivity contribution is 5.51. The molecule has 4 N–H and O–H groups in total. The molecule has 2 atom stereocenters. The number of nitriles is 1. The Morgan fingerprint density at radius 2 is 2.32 bits per heavy atom. The molecule has 4 rings (SSSR count). The standard InChI is InChI=1S/C17H17N7O/c1-2-12-15-14(11(7-18)16(19)25-17(15)23-22-12)10-3-4-13(21-8-10)24-6-5-20-9-24/h3-6,8-9,12,14,22-23H,2,19H2,1H3. The number of imidazole rings is 1. The smallest absolute Gasteiger partial charge is 0.211 e. The van der Waals surface area contributed by atoms with Gasteiger partial charge in [0.2, 0.25) is 11.8 Å². The Bertz CT molecular complexity index is 890. The van der Waals surface area contributed by atoms with Crippen molar-refractivity contribution in [3.05, 3.63) is 65.5 Å². The second kappa shape index (κ2) is 5.96. The summed E-state index contributed by atoms with van der Waals surface area (Å²) in [5, 5.41) is 9.61. The van der Waals surface area contributed by atoms with Gasteiger partial charge in [0.15, 0.2) is 0 Å². The third-order valence-electron chi connectivity index (χ3n) is 4.48. The zero-order valence-corrected chi connectivity index (χ0v) is 13.6. The summed E-state index contributed by atoms with van der Waals surface area (Å²) in [6, 6.07) is 6.11. The molecule has 8 heteroatoms. The Morgan fingerprint density at radius 3 is 2.96 bits per heavy atom. The molecule has 0 fully saturated rings. The molecule has 2 unspecified atom stereocenters. The van der Waals surface area contributed by atoms with Crippen molar-refractivity contribution in [1.82, 2.24) is 25.4 Å². The number of aromatic nitrogens is 3. The molecule has 0 aromatic carbocycles. The summed E-state index contributed by atoms with van der Waals surface area (Å²) < 4.78 is 7.41. The number of rotatable bonds is 3. The van der Waals surface area contributed by atoms with E-state index < -0.39 is 0 Å². The van der Waals surface area contributed by atoms with Crippen LogP contribution in [0.1, 0.15) is 24.8 Å². The summed E-state index contributed by atoms with van der Waals surface area (Å²) in [5.74, 6) is 1.17. The summed E-state index contributed by atoms with van der Waals surface area (Å²) in [5.41, 5.74) is 14.4. The SMILES string of the molecule is CCC1NNC2=C1C(c1ccc(-n3ccnc3)nc1)C(C#N)=C(N)O2. The van der Waals surface area contributed by atoms with Gasteiger partial charge in [-0.25, -0.2) is 15.4 Å². The Labute approximate surface area is 144 Å². The highest BCUT2D eigenvalue weighted by Crippen LogP contribution is 2.41. The van der Waals surface area contributed by atoms with Crippen LogP contribution in [0.25, 0.3) is 5.82 Å². The van der Waals surface area contributed by atoms with E-state index in [1.807, 2.05) is 22.9 Å². The van der Waals surface area contributed by atoms with Crippen molar-refractivity contribution < 1.29 is 4.74 Å². The summed E-state index contributed by atoms with van der Waals surface area (Å²) >= 11 is 0. The zero-order chi connectivity index (χ0) is 17.4. The first kappa shape index (κ1) is 15.2. The molecule has 0 aliphatic carbocycles. The van der Waals surface area contributed by atoms with Gasteiger partial charge >= 0.3 is 0 Å². The molecule has 0 spiro atoms. The van der Waals surface area contributed by atoms with E-state index in [2.05, 4.69) is 33.8 Å². The highest BCUT2D eigenvalue weighted by atomic mass is 16.5. The van der Waals surface area contributed by atoms with Crippen LogP contribution >= 0.6 is 0 Å². The van der Waals surface area contributed by atoms with Crippen molar-refractivity contribution in [3.8, 4) is 11.9 Å². The molecule has 2 aromatic rings. The van der Waals surface area contributed by atoms with Crippen LogP contribution in [0.2, 0.25) is 0 Å². The van der Waals surface area contributed by atoms with Crippen LogP contribution in [0.5, 0.6) is 0 Å². The fourth-order valence-corrected chi connectivity index (χ4v) is 3.24. The molecule has 0 bridgehead atoms. The normalized spacial score (nSPS) is 22.2. The van der Waals surface area contributed by atoms with Crippen LogP contribution < -0.4 is 16.6 Å². The van der Waals surface area contributed by atoms with E-state index in [0.717, 1.165) is 23.4 Å². The number of hydrogen-bond donors (Lipinski definition) is 3. The molecule has 0 radical (unpaired) electrons. The fraction of sp³-hybridized carbons (Fsp3) is 0.235. The van der Waals surface area contributed by atoms with Gasteiger partial charge in [0.05, 0.1) is 12.0 Å². The van der Waals surface area contributed by atoms with Gasteiger partial charge in [-0.2, -0.15) is 5.26 Å². The molecule has 8 nitrogen and oxygen atoms in total. The first-order valence-electron chi connectivity index (χ1n) is 8.00. The van der Waals surface area contributed by atoms with E-state index >= 15 is 0 Å². The molecule has 4 heterocycles. The Morgan fingerprint density at radius 1 is 1.44 bits per heavy atom. The monoisotopic (exact) mass is 335 g/mol. The molecule has 2 aliphatic heterocycles. The van der Waals surface area contributed by atoms with Crippen LogP contribution in [0.15, 0.2) is 60.0 Å². The third-order valence-corrected chi connectivity index (χ3v) is 4.48. The molecule has 126 valence electrons. The van der Waals surface area contributed by atoms with Gasteiger partial charge in [0.25, 0.3) is 0 Å². The quantitative estimate of drug-likeness (QED) is 0.771. The molecular weight excluding hydrogens is 318 g/mol. The second-order valence-corrected chi connectivity index (χ2v) is 5.86. The minimum atomic E-state index is -0.287. The molecule has 2 aliphatic rings. The number of ether oxygens (including phenoxy) is 1. The predicted octanol–water partition coefficient (Wildman–Crippen LogP) is 1.17. The van der Waals surface area contributed by atoms with Crippen LogP contribution in [0, 0.1) is 11.3 Å². The molecule has 25 heavy (non-hydrogen) atoms. The van der Waals surface area contributed by atoms with Crippen LogP contribution in [-0.4, -0.2) is 20.6 Å². The highest BCUT2D eigenvalue weighted by Gasteiger charge is 2.39. The van der Waals surface area contributed by atoms with Crippen molar-refractivity contribution in [3.63, 3.8) is 0 Å². The maximum atomic E-state index is 9.61. The Hall–Kier alpha value is -3.31. The summed E-state index contributed by atoms with van der Waals surface area (Å²) in [7, 11) is 0. The average molecular weight is 335 g/mol. The van der Waals surface area contributed by atoms with Gasteiger partial charge in [-0.3, -0.25) is 9.99 Å². The minimum absolute atomic E-state index is 0.0600. The lowest BCUT2D eigenvalue weighted by molar-refractivity contribution is 0.255. The summed E-state index contributed by atoms with van der Waals surface area (Å²) in [6.45, 7) is 2.07. The van der Waals surface area contributed by atoms with Crippen molar-refractivity contribution in [1.29, 1.82) is 5.26 Å². The minimum Gasteiger partial charge on any atom is -0.423 e. The van der Waals surface area contributed by atoms with Gasteiger partial charge < -0.3 is 10.5 Å². The zero-order valence-electron chi connectivity index (χ0n) is 13.6. The van der Waals surface area contributed by atoms with E-state index in [1.54, 1.807) is 18.7 Å². The first-order valence-corrected chi connectivity index (χ1v) is 8.00. The lowest BCUT2D eigenvalue weighted by Crippen LogP contribution is -2.32. The lowest BCUT2D eigenvalue weighted by atomic mass is 9.81. The maximum Gasteiger partial charge on any atom is 0.211 e. The summed E-state index contributed by atoms with van der Waals surface area (Å²) in [4.78, 5) is 8.53. The summed E-state index contributed by atoms with van der Waals surface area (Å²) in [6.07, 6.45) is 7.84. The lowest BCUT2D eigenvalue weighted by Gasteiger charge is -2.26. The van der Waals surface area contributed by atoms with Crippen LogP contribution in [-0.2, 0) is 4.74 Å². The molecule has 2 aromatic heterocycles. The van der Waals surface area contributed by atoms with Gasteiger partial charge in [-0.1, -0.05) is 13.0 Å². The number of allylic oxidation sites excluding steroid dienone is 1. The van der Waals surface area contributed by atoms with E-state index in [1.165, 1.54) is 0 Å². The first-order chi connectivity index (χ1) is 12.2. The van der Waals surface area contributed by atoms with Crippen molar-refractivity contribution >= 4 is 0 Å². The van der Waals surface area contributed by atoms with Crippen LogP contribution in [0.3, 0.4) is 0 Å². The topological polar surface area (TPSA) is 114 Å². The van der Waals surface area contributed by atoms with Crippen molar-refractivity contribution in [2.45, 2.75) is 25.3 Å². The largest absolute Gasteiger partial charge is 0.423 e. The number of nitrogens with one attached hydrogen (secondary N) is 2. The van der Waals surface area contributed by atoms with E-state index in [0.29, 0.717) is 11.5 Å². The van der Waals surface area contributed by atoms with E-state index in [9.17, 15) is 5.26 Å². The molecule has 0 amide bonds. The van der Waals surface area contributed by atoms with Gasteiger partial charge in [-0.05, 0) is 18.1 Å². The third kappa shape index (κ3) is 2.42.